The van der Waals surface area contributed by atoms with Crippen LogP contribution in [0.2, 0.25) is 0 Å². The van der Waals surface area contributed by atoms with Crippen molar-refractivity contribution >= 4 is 34.6 Å². The minimum Gasteiger partial charge on any atom is -0.371 e. The van der Waals surface area contributed by atoms with Crippen LogP contribution in [0.1, 0.15) is 24.0 Å². The first-order valence-electron chi connectivity index (χ1n) is 13.6. The summed E-state index contributed by atoms with van der Waals surface area (Å²) in [5.74, 6) is 1.40. The van der Waals surface area contributed by atoms with Gasteiger partial charge < -0.3 is 24.7 Å². The lowest BCUT2D eigenvalue weighted by Gasteiger charge is -2.33. The standard InChI is InChI=1S/C28H38N12.2CH3/c1-21-17-23(9-11-25(21)31-33-27-35(3)19-29-37(27)5)39-13-7-15-40(16-8-14-39)24-10-12-26(22(2)18-24)32-34-28-36(4)20-30-38(28)6;;/h9-12,17-20H,7-8,13-16H2,1-6H3;2*1H3/q+2;2*-1. The molecule has 0 radical (unpaired) electrons. The molecule has 0 atom stereocenters. The zero-order chi connectivity index (χ0) is 28.2. The Morgan fingerprint density at radius 2 is 1.00 bits per heavy atom. The molecule has 42 heavy (non-hydrogen) atoms. The zero-order valence-electron chi connectivity index (χ0n) is 26.2. The molecule has 0 aliphatic carbocycles. The maximum absolute atomic E-state index is 4.48. The molecule has 12 nitrogen and oxygen atoms in total. The minimum absolute atomic E-state index is 0. The molecule has 2 aromatic carbocycles. The Balaban J connectivity index is 0.00000242. The molecule has 0 amide bonds. The Kier molecular flexibility index (Phi) is 10.6. The molecule has 0 saturated carbocycles. The highest BCUT2D eigenvalue weighted by Gasteiger charge is 2.17. The number of aromatic nitrogens is 6. The molecule has 0 spiro atoms. The first kappa shape index (κ1) is 32.0. The monoisotopic (exact) mass is 572 g/mol. The van der Waals surface area contributed by atoms with E-state index >= 15 is 0 Å². The Morgan fingerprint density at radius 3 is 1.31 bits per heavy atom. The van der Waals surface area contributed by atoms with E-state index in [0.717, 1.165) is 61.5 Å². The van der Waals surface area contributed by atoms with Gasteiger partial charge in [0, 0.05) is 47.8 Å². The van der Waals surface area contributed by atoms with Gasteiger partial charge in [-0.3, -0.25) is 0 Å². The van der Waals surface area contributed by atoms with Gasteiger partial charge >= 0.3 is 11.9 Å². The van der Waals surface area contributed by atoms with Crippen LogP contribution in [0, 0.1) is 28.7 Å². The highest BCUT2D eigenvalue weighted by atomic mass is 15.4. The lowest BCUT2D eigenvalue weighted by atomic mass is 10.1. The largest absolute Gasteiger partial charge is 0.403 e. The fraction of sp³-hybridized carbons (Fsp3) is 0.400. The first-order valence-corrected chi connectivity index (χ1v) is 13.6. The first-order chi connectivity index (χ1) is 19.3. The van der Waals surface area contributed by atoms with Crippen molar-refractivity contribution in [3.63, 3.8) is 0 Å². The molecule has 5 rings (SSSR count). The lowest BCUT2D eigenvalue weighted by Crippen LogP contribution is -2.36. The van der Waals surface area contributed by atoms with E-state index in [-0.39, 0.29) is 14.9 Å². The third kappa shape index (κ3) is 7.04. The van der Waals surface area contributed by atoms with E-state index in [1.807, 2.05) is 37.3 Å². The van der Waals surface area contributed by atoms with Crippen LogP contribution in [0.4, 0.5) is 34.6 Å². The van der Waals surface area contributed by atoms with E-state index in [9.17, 15) is 0 Å². The highest BCUT2D eigenvalue weighted by Crippen LogP contribution is 2.29. The molecule has 1 saturated heterocycles. The van der Waals surface area contributed by atoms with E-state index in [1.165, 1.54) is 11.4 Å². The quantitative estimate of drug-likeness (QED) is 0.179. The molecular formula is C30H44N12. The van der Waals surface area contributed by atoms with Crippen molar-refractivity contribution in [2.75, 3.05) is 36.0 Å². The second kappa shape index (κ2) is 13.9. The topological polar surface area (TPSA) is 99.3 Å². The summed E-state index contributed by atoms with van der Waals surface area (Å²) in [6, 6.07) is 12.9. The van der Waals surface area contributed by atoms with Gasteiger partial charge in [0.25, 0.3) is 0 Å². The van der Waals surface area contributed by atoms with Crippen molar-refractivity contribution < 1.29 is 9.13 Å². The van der Waals surface area contributed by atoms with Crippen LogP contribution in [-0.2, 0) is 28.2 Å². The van der Waals surface area contributed by atoms with Crippen LogP contribution < -0.4 is 18.9 Å². The lowest BCUT2D eigenvalue weighted by molar-refractivity contribution is -0.659. The van der Waals surface area contributed by atoms with Crippen LogP contribution in [0.5, 0.6) is 0 Å². The van der Waals surface area contributed by atoms with Gasteiger partial charge in [0.05, 0.1) is 28.2 Å². The van der Waals surface area contributed by atoms with Crippen LogP contribution >= 0.6 is 0 Å². The number of hydrogen-bond acceptors (Lipinski definition) is 8. The number of hydrogen-bond donors (Lipinski definition) is 0. The number of aryl methyl sites for hydroxylation is 6. The highest BCUT2D eigenvalue weighted by molar-refractivity contribution is 5.59. The van der Waals surface area contributed by atoms with Crippen molar-refractivity contribution in [3.8, 4) is 0 Å². The van der Waals surface area contributed by atoms with Crippen LogP contribution in [0.3, 0.4) is 0 Å². The summed E-state index contributed by atoms with van der Waals surface area (Å²) < 4.78 is 7.12. The van der Waals surface area contributed by atoms with Gasteiger partial charge in [-0.15, -0.1) is 9.36 Å². The molecule has 1 aliphatic rings. The van der Waals surface area contributed by atoms with Gasteiger partial charge in [-0.2, -0.15) is 0 Å². The second-order valence-electron chi connectivity index (χ2n) is 10.4. The number of benzene rings is 2. The van der Waals surface area contributed by atoms with Crippen molar-refractivity contribution in [2.45, 2.75) is 26.7 Å². The van der Waals surface area contributed by atoms with Gasteiger partial charge in [-0.1, -0.05) is 10.2 Å². The summed E-state index contributed by atoms with van der Waals surface area (Å²) in [6.07, 6.45) is 5.60. The maximum atomic E-state index is 4.48. The summed E-state index contributed by atoms with van der Waals surface area (Å²) in [6.45, 7) is 8.22. The molecule has 0 N–H and O–H groups in total. The summed E-state index contributed by atoms with van der Waals surface area (Å²) in [4.78, 5) is 4.97. The predicted octanol–water partition coefficient (Wildman–Crippen LogP) is 5.26. The van der Waals surface area contributed by atoms with Crippen molar-refractivity contribution in [1.29, 1.82) is 0 Å². The Hall–Kier alpha value is -4.48. The normalized spacial score (nSPS) is 14.1. The Bertz CT molecular complexity index is 1390. The predicted molar refractivity (Wildman–Crippen MR) is 166 cm³/mol. The minimum atomic E-state index is 0. The fourth-order valence-corrected chi connectivity index (χ4v) is 4.98. The number of anilines is 2. The van der Waals surface area contributed by atoms with E-state index < -0.39 is 0 Å². The smallest absolute Gasteiger partial charge is 0.371 e. The molecule has 0 unspecified atom stereocenters. The number of azo groups is 2. The van der Waals surface area contributed by atoms with Crippen molar-refractivity contribution in [1.82, 2.24) is 19.6 Å². The molecule has 3 heterocycles. The van der Waals surface area contributed by atoms with Gasteiger partial charge in [0.1, 0.15) is 11.4 Å². The molecule has 1 aliphatic heterocycles. The second-order valence-corrected chi connectivity index (χ2v) is 10.4. The van der Waals surface area contributed by atoms with Crippen LogP contribution in [0.15, 0.2) is 69.5 Å². The molecular weight excluding hydrogens is 528 g/mol. The molecule has 4 aromatic rings. The number of nitrogens with zero attached hydrogens (tertiary/aromatic N) is 12. The zero-order valence-corrected chi connectivity index (χ0v) is 26.2. The van der Waals surface area contributed by atoms with Gasteiger partial charge in [0.2, 0.25) is 12.7 Å². The maximum Gasteiger partial charge on any atom is 0.403 e. The average molecular weight is 573 g/mol. The summed E-state index contributed by atoms with van der Waals surface area (Å²) in [7, 11) is 7.55. The van der Waals surface area contributed by atoms with Gasteiger partial charge in [-0.25, -0.2) is 9.13 Å². The average Bonchev–Trinajstić information content (AvgIpc) is 3.41. The van der Waals surface area contributed by atoms with Gasteiger partial charge in [-0.05, 0) is 84.4 Å². The molecule has 0 bridgehead atoms. The molecule has 224 valence electrons. The van der Waals surface area contributed by atoms with E-state index in [4.69, 9.17) is 0 Å². The van der Waals surface area contributed by atoms with E-state index in [2.05, 4.69) is 90.7 Å². The number of rotatable bonds is 6. The van der Waals surface area contributed by atoms with Gasteiger partial charge in [0.15, 0.2) is 0 Å². The molecule has 2 aromatic heterocycles. The fourth-order valence-electron chi connectivity index (χ4n) is 4.98. The molecule has 12 heteroatoms. The van der Waals surface area contributed by atoms with Crippen molar-refractivity contribution in [2.24, 2.45) is 48.6 Å². The van der Waals surface area contributed by atoms with Crippen molar-refractivity contribution in [3.05, 3.63) is 75.0 Å². The summed E-state index contributed by atoms with van der Waals surface area (Å²) in [5, 5.41) is 26.2. The van der Waals surface area contributed by atoms with E-state index in [1.54, 1.807) is 22.0 Å². The SMILES string of the molecule is Cc1cc(N2CCCN(c3ccc(N=Nc4n(C)nc[n+]4C)c(C)c3)CCC2)ccc1N=Nc1n(C)nc[n+]1C.[CH3-].[CH3-]. The Morgan fingerprint density at radius 1 is 0.619 bits per heavy atom. The third-order valence-corrected chi connectivity index (χ3v) is 7.30. The summed E-state index contributed by atoms with van der Waals surface area (Å²) >= 11 is 0. The third-order valence-electron chi connectivity index (χ3n) is 7.30. The summed E-state index contributed by atoms with van der Waals surface area (Å²) in [5.41, 5.74) is 6.44. The Labute approximate surface area is 249 Å². The van der Waals surface area contributed by atoms with E-state index in [0.29, 0.717) is 11.9 Å². The molecule has 1 fully saturated rings. The van der Waals surface area contributed by atoms with Crippen LogP contribution in [-0.4, -0.2) is 45.7 Å². The van der Waals surface area contributed by atoms with Crippen LogP contribution in [0.25, 0.3) is 0 Å².